The van der Waals surface area contributed by atoms with Gasteiger partial charge in [-0.2, -0.15) is 0 Å². The molecule has 0 saturated heterocycles. The Morgan fingerprint density at radius 3 is 2.86 bits per heavy atom. The molecule has 3 aromatic rings. The molecule has 5 nitrogen and oxygen atoms in total. The molecule has 7 heteroatoms. The lowest BCUT2D eigenvalue weighted by Crippen LogP contribution is -2.01. The predicted molar refractivity (Wildman–Crippen MR) is 80.6 cm³/mol. The Kier molecular flexibility index (Phi) is 3.92. The first-order valence-corrected chi connectivity index (χ1v) is 7.03. The second-order valence-electron chi connectivity index (χ2n) is 4.41. The van der Waals surface area contributed by atoms with Gasteiger partial charge in [0.05, 0.1) is 10.2 Å². The molecule has 21 heavy (non-hydrogen) atoms. The summed E-state index contributed by atoms with van der Waals surface area (Å²) < 4.78 is 15.2. The molecule has 1 aromatic heterocycles. The van der Waals surface area contributed by atoms with Crippen molar-refractivity contribution in [2.75, 3.05) is 5.32 Å². The lowest BCUT2D eigenvalue weighted by Gasteiger charge is -2.08. The molecule has 0 amide bonds. The van der Waals surface area contributed by atoms with Crippen molar-refractivity contribution in [3.05, 3.63) is 64.6 Å². The van der Waals surface area contributed by atoms with Crippen LogP contribution in [0.4, 0.5) is 10.1 Å². The fourth-order valence-electron chi connectivity index (χ4n) is 1.89. The van der Waals surface area contributed by atoms with E-state index in [2.05, 4.69) is 36.8 Å². The van der Waals surface area contributed by atoms with E-state index < -0.39 is 0 Å². The third-order valence-corrected chi connectivity index (χ3v) is 3.55. The van der Waals surface area contributed by atoms with Gasteiger partial charge < -0.3 is 5.32 Å². The van der Waals surface area contributed by atoms with Crippen LogP contribution >= 0.6 is 15.9 Å². The van der Waals surface area contributed by atoms with Crippen LogP contribution in [-0.4, -0.2) is 20.2 Å². The third-order valence-electron chi connectivity index (χ3n) is 2.94. The molecule has 0 aliphatic carbocycles. The van der Waals surface area contributed by atoms with Crippen molar-refractivity contribution in [1.29, 1.82) is 0 Å². The average Bonchev–Trinajstić information content (AvgIpc) is 3.03. The van der Waals surface area contributed by atoms with E-state index in [1.807, 2.05) is 24.3 Å². The number of hydrogen-bond acceptors (Lipinski definition) is 4. The summed E-state index contributed by atoms with van der Waals surface area (Å²) in [5, 5.41) is 14.4. The molecule has 0 aliphatic rings. The Bertz CT molecular complexity index is 745. The number of nitrogens with one attached hydrogen (secondary N) is 1. The number of halogens is 2. The largest absolute Gasteiger partial charge is 0.381 e. The lowest BCUT2D eigenvalue weighted by molar-refractivity contribution is 0.620. The molecule has 106 valence electrons. The van der Waals surface area contributed by atoms with Crippen molar-refractivity contribution in [3.8, 4) is 5.69 Å². The van der Waals surface area contributed by atoms with Gasteiger partial charge in [-0.05, 0) is 62.3 Å². The molecule has 0 radical (unpaired) electrons. The van der Waals surface area contributed by atoms with E-state index in [4.69, 9.17) is 0 Å². The van der Waals surface area contributed by atoms with E-state index >= 15 is 0 Å². The van der Waals surface area contributed by atoms with Gasteiger partial charge in [-0.1, -0.05) is 12.1 Å². The van der Waals surface area contributed by atoms with Crippen molar-refractivity contribution in [2.24, 2.45) is 0 Å². The van der Waals surface area contributed by atoms with E-state index in [1.54, 1.807) is 16.8 Å². The molecular weight excluding hydrogens is 337 g/mol. The van der Waals surface area contributed by atoms with Crippen molar-refractivity contribution >= 4 is 21.6 Å². The molecule has 0 atom stereocenters. The quantitative estimate of drug-likeness (QED) is 0.787. The maximum atomic E-state index is 13.2. The minimum absolute atomic E-state index is 0.264. The zero-order chi connectivity index (χ0) is 14.7. The van der Waals surface area contributed by atoms with Crippen LogP contribution < -0.4 is 5.32 Å². The fourth-order valence-corrected chi connectivity index (χ4v) is 2.32. The summed E-state index contributed by atoms with van der Waals surface area (Å²) in [6.45, 7) is 0.595. The van der Waals surface area contributed by atoms with E-state index in [9.17, 15) is 4.39 Å². The summed E-state index contributed by atoms with van der Waals surface area (Å²) in [5.74, 6) is -0.264. The maximum Gasteiger partial charge on any atom is 0.143 e. The number of aromatic nitrogens is 4. The lowest BCUT2D eigenvalue weighted by atomic mass is 10.2. The molecule has 1 heterocycles. The van der Waals surface area contributed by atoms with Crippen molar-refractivity contribution in [1.82, 2.24) is 20.2 Å². The topological polar surface area (TPSA) is 55.6 Å². The van der Waals surface area contributed by atoms with Crippen LogP contribution in [0.2, 0.25) is 0 Å². The van der Waals surface area contributed by atoms with Crippen molar-refractivity contribution < 1.29 is 4.39 Å². The number of benzene rings is 2. The van der Waals surface area contributed by atoms with Gasteiger partial charge in [0.1, 0.15) is 12.1 Å². The Labute approximate surface area is 128 Å². The van der Waals surface area contributed by atoms with Crippen LogP contribution in [0.15, 0.2) is 53.3 Å². The van der Waals surface area contributed by atoms with Gasteiger partial charge in [0, 0.05) is 12.2 Å². The molecule has 1 N–H and O–H groups in total. The van der Waals surface area contributed by atoms with E-state index in [-0.39, 0.29) is 5.82 Å². The molecule has 0 aliphatic heterocycles. The van der Waals surface area contributed by atoms with Gasteiger partial charge in [0.25, 0.3) is 0 Å². The van der Waals surface area contributed by atoms with Crippen LogP contribution in [-0.2, 0) is 6.54 Å². The second-order valence-corrected chi connectivity index (χ2v) is 5.26. The smallest absolute Gasteiger partial charge is 0.143 e. The first-order valence-electron chi connectivity index (χ1n) is 6.23. The average molecular weight is 348 g/mol. The van der Waals surface area contributed by atoms with E-state index in [0.717, 1.165) is 16.9 Å². The summed E-state index contributed by atoms with van der Waals surface area (Å²) in [7, 11) is 0. The predicted octanol–water partition coefficient (Wildman–Crippen LogP) is 3.18. The number of anilines is 1. The highest BCUT2D eigenvalue weighted by molar-refractivity contribution is 9.10. The molecule has 0 spiro atoms. The Balaban J connectivity index is 1.73. The van der Waals surface area contributed by atoms with Gasteiger partial charge in [0.15, 0.2) is 0 Å². The first-order chi connectivity index (χ1) is 10.2. The molecule has 2 aromatic carbocycles. The number of nitrogens with zero attached hydrogens (tertiary/aromatic N) is 4. The van der Waals surface area contributed by atoms with Crippen molar-refractivity contribution in [3.63, 3.8) is 0 Å². The minimum Gasteiger partial charge on any atom is -0.381 e. The van der Waals surface area contributed by atoms with Crippen LogP contribution in [0.5, 0.6) is 0 Å². The molecule has 0 saturated carbocycles. The van der Waals surface area contributed by atoms with Crippen molar-refractivity contribution in [2.45, 2.75) is 6.54 Å². The standard InChI is InChI=1S/C14H11BrFN5/c15-13-6-10(4-5-14(13)16)8-17-11-2-1-3-12(7-11)21-9-18-19-20-21/h1-7,9,17H,8H2. The van der Waals surface area contributed by atoms with E-state index in [0.29, 0.717) is 11.0 Å². The summed E-state index contributed by atoms with van der Waals surface area (Å²) in [4.78, 5) is 0. The Morgan fingerprint density at radius 2 is 2.10 bits per heavy atom. The monoisotopic (exact) mass is 347 g/mol. The highest BCUT2D eigenvalue weighted by atomic mass is 79.9. The minimum atomic E-state index is -0.264. The van der Waals surface area contributed by atoms with Gasteiger partial charge in [-0.15, -0.1) is 5.10 Å². The van der Waals surface area contributed by atoms with Gasteiger partial charge >= 0.3 is 0 Å². The van der Waals surface area contributed by atoms with Gasteiger partial charge in [-0.25, -0.2) is 9.07 Å². The molecule has 0 fully saturated rings. The van der Waals surface area contributed by atoms with Gasteiger partial charge in [-0.3, -0.25) is 0 Å². The Morgan fingerprint density at radius 1 is 1.19 bits per heavy atom. The molecule has 3 rings (SSSR count). The number of rotatable bonds is 4. The van der Waals surface area contributed by atoms with E-state index in [1.165, 1.54) is 12.4 Å². The summed E-state index contributed by atoms with van der Waals surface area (Å²) in [5.41, 5.74) is 2.78. The maximum absolute atomic E-state index is 13.2. The van der Waals surface area contributed by atoms with Crippen LogP contribution in [0.3, 0.4) is 0 Å². The van der Waals surface area contributed by atoms with Crippen LogP contribution in [0.1, 0.15) is 5.56 Å². The zero-order valence-corrected chi connectivity index (χ0v) is 12.5. The molecule has 0 unspecified atom stereocenters. The normalized spacial score (nSPS) is 10.6. The van der Waals surface area contributed by atoms with Gasteiger partial charge in [0.2, 0.25) is 0 Å². The Hall–Kier alpha value is -2.28. The highest BCUT2D eigenvalue weighted by Crippen LogP contribution is 2.19. The second kappa shape index (κ2) is 6.01. The SMILES string of the molecule is Fc1ccc(CNc2cccc(-n3cnnn3)c2)cc1Br. The molecule has 0 bridgehead atoms. The zero-order valence-electron chi connectivity index (χ0n) is 10.9. The summed E-state index contributed by atoms with van der Waals surface area (Å²) in [6, 6.07) is 12.7. The molecular formula is C14H11BrFN5. The highest BCUT2D eigenvalue weighted by Gasteiger charge is 2.02. The summed E-state index contributed by atoms with van der Waals surface area (Å²) in [6.07, 6.45) is 1.54. The first kappa shape index (κ1) is 13.7. The van der Waals surface area contributed by atoms with Crippen LogP contribution in [0, 0.1) is 5.82 Å². The fraction of sp³-hybridized carbons (Fsp3) is 0.0714. The summed E-state index contributed by atoms with van der Waals surface area (Å²) >= 11 is 3.18. The third kappa shape index (κ3) is 3.25. The van der Waals surface area contributed by atoms with Crippen LogP contribution in [0.25, 0.3) is 5.69 Å². The number of hydrogen-bond donors (Lipinski definition) is 1. The number of tetrazole rings is 1.